The van der Waals surface area contributed by atoms with Crippen molar-refractivity contribution in [2.75, 3.05) is 26.3 Å². The molecule has 1 aromatic carbocycles. The highest BCUT2D eigenvalue weighted by atomic mass is 16.5. The molecule has 1 aliphatic rings. The van der Waals surface area contributed by atoms with E-state index in [2.05, 4.69) is 0 Å². The van der Waals surface area contributed by atoms with Gasteiger partial charge in [-0.25, -0.2) is 0 Å². The van der Waals surface area contributed by atoms with E-state index in [1.54, 1.807) is 0 Å². The predicted octanol–water partition coefficient (Wildman–Crippen LogP) is 2.05. The molecular weight excluding hydrogens is 280 g/mol. The van der Waals surface area contributed by atoms with Gasteiger partial charge in [0.1, 0.15) is 0 Å². The second kappa shape index (κ2) is 8.03. The van der Waals surface area contributed by atoms with Crippen molar-refractivity contribution in [3.05, 3.63) is 24.3 Å². The largest absolute Gasteiger partial charge is 0.490 e. The highest BCUT2D eigenvalue weighted by molar-refractivity contribution is 5.78. The molecular formula is C17H26N2O3. The van der Waals surface area contributed by atoms with E-state index >= 15 is 0 Å². The van der Waals surface area contributed by atoms with Crippen LogP contribution in [0.1, 0.15) is 26.7 Å². The molecule has 2 rings (SSSR count). The van der Waals surface area contributed by atoms with Crippen molar-refractivity contribution < 1.29 is 14.3 Å². The van der Waals surface area contributed by atoms with E-state index in [1.807, 2.05) is 43.0 Å². The molecule has 2 N–H and O–H groups in total. The first-order valence-corrected chi connectivity index (χ1v) is 7.99. The lowest BCUT2D eigenvalue weighted by atomic mass is 9.92. The number of nitrogens with zero attached hydrogens (tertiary/aromatic N) is 1. The van der Waals surface area contributed by atoms with Crippen LogP contribution >= 0.6 is 0 Å². The summed E-state index contributed by atoms with van der Waals surface area (Å²) in [6, 6.07) is 7.54. The molecule has 0 bridgehead atoms. The number of rotatable bonds is 6. The molecule has 1 saturated heterocycles. The number of amides is 1. The first-order chi connectivity index (χ1) is 10.6. The lowest BCUT2D eigenvalue weighted by Crippen LogP contribution is -2.46. The second-order valence-electron chi connectivity index (χ2n) is 5.77. The van der Waals surface area contributed by atoms with Gasteiger partial charge < -0.3 is 20.1 Å². The normalized spacial score (nSPS) is 19.6. The third kappa shape index (κ3) is 4.37. The summed E-state index contributed by atoms with van der Waals surface area (Å²) in [5.74, 6) is 1.67. The van der Waals surface area contributed by atoms with Gasteiger partial charge >= 0.3 is 0 Å². The molecule has 0 aliphatic carbocycles. The van der Waals surface area contributed by atoms with Crippen molar-refractivity contribution in [2.24, 2.45) is 11.7 Å². The average molecular weight is 306 g/mol. The summed E-state index contributed by atoms with van der Waals surface area (Å²) in [6.07, 6.45) is 2.10. The van der Waals surface area contributed by atoms with Gasteiger partial charge in [0.25, 0.3) is 5.91 Å². The van der Waals surface area contributed by atoms with Crippen LogP contribution in [-0.4, -0.2) is 43.2 Å². The van der Waals surface area contributed by atoms with Crippen molar-refractivity contribution in [3.63, 3.8) is 0 Å². The summed E-state index contributed by atoms with van der Waals surface area (Å²) in [6.45, 7) is 6.05. The summed E-state index contributed by atoms with van der Waals surface area (Å²) in [7, 11) is 0. The lowest BCUT2D eigenvalue weighted by Gasteiger charge is -2.34. The summed E-state index contributed by atoms with van der Waals surface area (Å²) in [5, 5.41) is 0. The third-order valence-electron chi connectivity index (χ3n) is 4.05. The van der Waals surface area contributed by atoms with E-state index < -0.39 is 0 Å². The first kappa shape index (κ1) is 16.6. The Morgan fingerprint density at radius 2 is 2.05 bits per heavy atom. The Hall–Kier alpha value is -1.75. The molecule has 1 heterocycles. The molecule has 0 aromatic heterocycles. The number of benzene rings is 1. The van der Waals surface area contributed by atoms with Crippen LogP contribution in [0.5, 0.6) is 11.5 Å². The molecule has 0 spiro atoms. The highest BCUT2D eigenvalue weighted by Crippen LogP contribution is 2.26. The third-order valence-corrected chi connectivity index (χ3v) is 4.05. The molecule has 2 unspecified atom stereocenters. The van der Waals surface area contributed by atoms with Gasteiger partial charge in [-0.05, 0) is 44.7 Å². The molecule has 1 amide bonds. The van der Waals surface area contributed by atoms with Crippen molar-refractivity contribution in [3.8, 4) is 11.5 Å². The number of ether oxygens (including phenoxy) is 2. The number of carbonyl (C=O) groups excluding carboxylic acids is 1. The number of nitrogens with two attached hydrogens (primary N) is 1. The van der Waals surface area contributed by atoms with Gasteiger partial charge in [-0.15, -0.1) is 0 Å². The number of likely N-dealkylation sites (tertiary alicyclic amines) is 1. The Balaban J connectivity index is 1.90. The smallest absolute Gasteiger partial charge is 0.260 e. The first-order valence-electron chi connectivity index (χ1n) is 7.99. The minimum atomic E-state index is 0.0108. The Morgan fingerprint density at radius 3 is 2.68 bits per heavy atom. The Labute approximate surface area is 132 Å². The zero-order valence-corrected chi connectivity index (χ0v) is 13.5. The summed E-state index contributed by atoms with van der Waals surface area (Å²) >= 11 is 0. The Kier molecular flexibility index (Phi) is 6.07. The van der Waals surface area contributed by atoms with E-state index in [-0.39, 0.29) is 18.6 Å². The molecule has 5 heteroatoms. The van der Waals surface area contributed by atoms with Gasteiger partial charge in [-0.3, -0.25) is 4.79 Å². The van der Waals surface area contributed by atoms with Gasteiger partial charge in [0.05, 0.1) is 6.61 Å². The van der Waals surface area contributed by atoms with Crippen LogP contribution in [0.25, 0.3) is 0 Å². The van der Waals surface area contributed by atoms with E-state index in [0.717, 1.165) is 25.9 Å². The van der Waals surface area contributed by atoms with Crippen LogP contribution < -0.4 is 15.2 Å². The molecule has 22 heavy (non-hydrogen) atoms. The molecule has 1 fully saturated rings. The summed E-state index contributed by atoms with van der Waals surface area (Å²) < 4.78 is 11.1. The van der Waals surface area contributed by atoms with Gasteiger partial charge in [0.2, 0.25) is 0 Å². The zero-order valence-electron chi connectivity index (χ0n) is 13.5. The maximum absolute atomic E-state index is 12.3. The lowest BCUT2D eigenvalue weighted by molar-refractivity contribution is -0.135. The van der Waals surface area contributed by atoms with Gasteiger partial charge in [0.15, 0.2) is 18.1 Å². The van der Waals surface area contributed by atoms with Crippen LogP contribution in [0.4, 0.5) is 0 Å². The fraction of sp³-hybridized carbons (Fsp3) is 0.588. The summed E-state index contributed by atoms with van der Waals surface area (Å²) in [5.41, 5.74) is 5.96. The van der Waals surface area contributed by atoms with Crippen molar-refractivity contribution >= 4 is 5.91 Å². The van der Waals surface area contributed by atoms with Crippen LogP contribution in [0, 0.1) is 5.92 Å². The molecule has 5 nitrogen and oxygen atoms in total. The average Bonchev–Trinajstić information content (AvgIpc) is 2.54. The van der Waals surface area contributed by atoms with Crippen molar-refractivity contribution in [1.29, 1.82) is 0 Å². The zero-order chi connectivity index (χ0) is 15.9. The van der Waals surface area contributed by atoms with Crippen LogP contribution in [0.15, 0.2) is 24.3 Å². The van der Waals surface area contributed by atoms with E-state index in [9.17, 15) is 4.79 Å². The fourth-order valence-corrected chi connectivity index (χ4v) is 2.74. The molecule has 122 valence electrons. The highest BCUT2D eigenvalue weighted by Gasteiger charge is 2.26. The Morgan fingerprint density at radius 1 is 1.36 bits per heavy atom. The van der Waals surface area contributed by atoms with Gasteiger partial charge in [-0.2, -0.15) is 0 Å². The standard InChI is InChI=1S/C17H26N2O3/c1-3-21-15-8-4-5-9-16(15)22-12-17(20)19-10-6-7-14(11-19)13(2)18/h4-5,8-9,13-14H,3,6-7,10-12,18H2,1-2H3. The minimum absolute atomic E-state index is 0.0108. The number of hydrogen-bond donors (Lipinski definition) is 1. The number of para-hydroxylation sites is 2. The van der Waals surface area contributed by atoms with Crippen LogP contribution in [-0.2, 0) is 4.79 Å². The maximum Gasteiger partial charge on any atom is 0.260 e. The molecule has 2 atom stereocenters. The predicted molar refractivity (Wildman–Crippen MR) is 86.1 cm³/mol. The number of hydrogen-bond acceptors (Lipinski definition) is 4. The Bertz CT molecular complexity index is 491. The van der Waals surface area contributed by atoms with E-state index in [0.29, 0.717) is 24.0 Å². The molecule has 0 radical (unpaired) electrons. The SMILES string of the molecule is CCOc1ccccc1OCC(=O)N1CCCC(C(C)N)C1. The minimum Gasteiger partial charge on any atom is -0.490 e. The molecule has 0 saturated carbocycles. The van der Waals surface area contributed by atoms with E-state index in [4.69, 9.17) is 15.2 Å². The molecule has 1 aromatic rings. The monoisotopic (exact) mass is 306 g/mol. The van der Waals surface area contributed by atoms with Crippen LogP contribution in [0.3, 0.4) is 0 Å². The van der Waals surface area contributed by atoms with E-state index in [1.165, 1.54) is 0 Å². The maximum atomic E-state index is 12.3. The van der Waals surface area contributed by atoms with Crippen molar-refractivity contribution in [1.82, 2.24) is 4.90 Å². The van der Waals surface area contributed by atoms with Gasteiger partial charge in [0, 0.05) is 19.1 Å². The number of piperidine rings is 1. The molecule has 1 aliphatic heterocycles. The fourth-order valence-electron chi connectivity index (χ4n) is 2.74. The van der Waals surface area contributed by atoms with Gasteiger partial charge in [-0.1, -0.05) is 12.1 Å². The van der Waals surface area contributed by atoms with Crippen LogP contribution in [0.2, 0.25) is 0 Å². The quantitative estimate of drug-likeness (QED) is 0.873. The number of carbonyl (C=O) groups is 1. The van der Waals surface area contributed by atoms with Crippen molar-refractivity contribution in [2.45, 2.75) is 32.7 Å². The second-order valence-corrected chi connectivity index (χ2v) is 5.77. The summed E-state index contributed by atoms with van der Waals surface area (Å²) in [4.78, 5) is 14.2. The topological polar surface area (TPSA) is 64.8 Å².